The highest BCUT2D eigenvalue weighted by molar-refractivity contribution is 5.45. The molecular weight excluding hydrogens is 262 g/mol. The van der Waals surface area contributed by atoms with Crippen LogP contribution in [0.2, 0.25) is 0 Å². The van der Waals surface area contributed by atoms with Crippen molar-refractivity contribution < 1.29 is 9.47 Å². The lowest BCUT2D eigenvalue weighted by molar-refractivity contribution is 0.174. The fourth-order valence-electron chi connectivity index (χ4n) is 2.57. The lowest BCUT2D eigenvalue weighted by Crippen LogP contribution is -2.18. The molecule has 0 spiro atoms. The predicted molar refractivity (Wildman–Crippen MR) is 83.7 cm³/mol. The van der Waals surface area contributed by atoms with Crippen molar-refractivity contribution in [2.24, 2.45) is 0 Å². The summed E-state index contributed by atoms with van der Waals surface area (Å²) in [5, 5.41) is 3.58. The summed E-state index contributed by atoms with van der Waals surface area (Å²) in [7, 11) is 0. The first-order chi connectivity index (χ1) is 10.1. The van der Waals surface area contributed by atoms with Crippen LogP contribution in [0.4, 0.5) is 0 Å². The third-order valence-electron chi connectivity index (χ3n) is 4.21. The number of nitrogens with one attached hydrogen (secondary N) is 1. The Balaban J connectivity index is 1.69. The van der Waals surface area contributed by atoms with Gasteiger partial charge >= 0.3 is 0 Å². The van der Waals surface area contributed by atoms with Crippen LogP contribution in [0.25, 0.3) is 0 Å². The zero-order valence-corrected chi connectivity index (χ0v) is 12.8. The highest BCUT2D eigenvalue weighted by Gasteiger charge is 2.15. The van der Waals surface area contributed by atoms with E-state index < -0.39 is 0 Å². The van der Waals surface area contributed by atoms with Gasteiger partial charge in [-0.25, -0.2) is 0 Å². The highest BCUT2D eigenvalue weighted by atomic mass is 16.7. The molecule has 3 rings (SSSR count). The van der Waals surface area contributed by atoms with Gasteiger partial charge in [0.1, 0.15) is 0 Å². The third kappa shape index (κ3) is 2.88. The molecule has 3 nitrogen and oxygen atoms in total. The fraction of sp³-hybridized carbons (Fsp3) is 0.333. The van der Waals surface area contributed by atoms with Gasteiger partial charge in [-0.3, -0.25) is 0 Å². The Labute approximate surface area is 125 Å². The number of benzene rings is 2. The van der Waals surface area contributed by atoms with E-state index in [1.807, 2.05) is 6.07 Å². The first kappa shape index (κ1) is 14.0. The lowest BCUT2D eigenvalue weighted by atomic mass is 10.0. The lowest BCUT2D eigenvalue weighted by Gasteiger charge is -2.16. The van der Waals surface area contributed by atoms with Crippen molar-refractivity contribution in [3.8, 4) is 11.5 Å². The SMILES string of the molecule is Cc1cccc(CNC(C)c2ccc3c(c2)OCO3)c1C. The van der Waals surface area contributed by atoms with E-state index >= 15 is 0 Å². The van der Waals surface area contributed by atoms with Gasteiger partial charge in [0, 0.05) is 12.6 Å². The van der Waals surface area contributed by atoms with Crippen molar-refractivity contribution in [3.05, 3.63) is 58.7 Å². The summed E-state index contributed by atoms with van der Waals surface area (Å²) in [5.41, 5.74) is 5.26. The standard InChI is InChI=1S/C18H21NO2/c1-12-5-4-6-16(13(12)2)10-19-14(3)15-7-8-17-18(9-15)21-11-20-17/h4-9,14,19H,10-11H2,1-3H3. The summed E-state index contributed by atoms with van der Waals surface area (Å²) < 4.78 is 10.8. The van der Waals surface area contributed by atoms with Gasteiger partial charge in [-0.1, -0.05) is 24.3 Å². The van der Waals surface area contributed by atoms with Gasteiger partial charge < -0.3 is 14.8 Å². The largest absolute Gasteiger partial charge is 0.454 e. The molecule has 2 aromatic rings. The van der Waals surface area contributed by atoms with Gasteiger partial charge in [0.25, 0.3) is 0 Å². The molecule has 0 saturated heterocycles. The molecule has 1 heterocycles. The first-order valence-electron chi connectivity index (χ1n) is 7.33. The minimum Gasteiger partial charge on any atom is -0.454 e. The van der Waals surface area contributed by atoms with Crippen LogP contribution < -0.4 is 14.8 Å². The Hall–Kier alpha value is -2.00. The molecule has 0 saturated carbocycles. The predicted octanol–water partition coefficient (Wildman–Crippen LogP) is 3.88. The molecule has 1 N–H and O–H groups in total. The minimum atomic E-state index is 0.263. The van der Waals surface area contributed by atoms with E-state index in [4.69, 9.17) is 9.47 Å². The van der Waals surface area contributed by atoms with Crippen LogP contribution >= 0.6 is 0 Å². The topological polar surface area (TPSA) is 30.5 Å². The van der Waals surface area contributed by atoms with Crippen LogP contribution in [0.5, 0.6) is 11.5 Å². The molecule has 1 aliphatic rings. The van der Waals surface area contributed by atoms with Crippen molar-refractivity contribution in [1.82, 2.24) is 5.32 Å². The average Bonchev–Trinajstić information content (AvgIpc) is 2.96. The van der Waals surface area contributed by atoms with Crippen molar-refractivity contribution in [3.63, 3.8) is 0 Å². The Kier molecular flexibility index (Phi) is 3.84. The van der Waals surface area contributed by atoms with Gasteiger partial charge in [0.15, 0.2) is 11.5 Å². The molecule has 21 heavy (non-hydrogen) atoms. The molecule has 1 unspecified atom stereocenters. The number of aryl methyl sites for hydroxylation is 1. The van der Waals surface area contributed by atoms with Crippen LogP contribution in [0, 0.1) is 13.8 Å². The second-order valence-corrected chi connectivity index (χ2v) is 5.57. The van der Waals surface area contributed by atoms with E-state index in [0.29, 0.717) is 6.79 Å². The monoisotopic (exact) mass is 283 g/mol. The number of ether oxygens (including phenoxy) is 2. The van der Waals surface area contributed by atoms with Crippen LogP contribution in [0.1, 0.15) is 35.2 Å². The normalized spacial score (nSPS) is 14.2. The average molecular weight is 283 g/mol. The van der Waals surface area contributed by atoms with E-state index in [1.54, 1.807) is 0 Å². The van der Waals surface area contributed by atoms with E-state index in [1.165, 1.54) is 22.3 Å². The number of hydrogen-bond acceptors (Lipinski definition) is 3. The summed E-state index contributed by atoms with van der Waals surface area (Å²) in [6.45, 7) is 7.69. The minimum absolute atomic E-state index is 0.263. The summed E-state index contributed by atoms with van der Waals surface area (Å²) in [6.07, 6.45) is 0. The van der Waals surface area contributed by atoms with Crippen LogP contribution in [0.15, 0.2) is 36.4 Å². The third-order valence-corrected chi connectivity index (χ3v) is 4.21. The van der Waals surface area contributed by atoms with Crippen LogP contribution in [-0.4, -0.2) is 6.79 Å². The maximum Gasteiger partial charge on any atom is 0.231 e. The molecule has 0 bridgehead atoms. The number of hydrogen-bond donors (Lipinski definition) is 1. The molecule has 3 heteroatoms. The Morgan fingerprint density at radius 2 is 1.90 bits per heavy atom. The molecule has 0 amide bonds. The summed E-state index contributed by atoms with van der Waals surface area (Å²) in [6, 6.07) is 12.8. The van der Waals surface area contributed by atoms with Gasteiger partial charge in [0.05, 0.1) is 0 Å². The van der Waals surface area contributed by atoms with Gasteiger partial charge in [-0.15, -0.1) is 0 Å². The van der Waals surface area contributed by atoms with E-state index in [9.17, 15) is 0 Å². The van der Waals surface area contributed by atoms with Crippen LogP contribution in [-0.2, 0) is 6.54 Å². The number of fused-ring (bicyclic) bond motifs is 1. The molecule has 0 aromatic heterocycles. The molecule has 0 aliphatic carbocycles. The molecule has 110 valence electrons. The zero-order chi connectivity index (χ0) is 14.8. The maximum absolute atomic E-state index is 5.44. The molecule has 0 fully saturated rings. The van der Waals surface area contributed by atoms with Gasteiger partial charge in [-0.2, -0.15) is 0 Å². The number of rotatable bonds is 4. The zero-order valence-electron chi connectivity index (χ0n) is 12.8. The first-order valence-corrected chi connectivity index (χ1v) is 7.33. The summed E-state index contributed by atoms with van der Waals surface area (Å²) in [5.74, 6) is 1.67. The van der Waals surface area contributed by atoms with Gasteiger partial charge in [0.2, 0.25) is 6.79 Å². The molecule has 1 aliphatic heterocycles. The van der Waals surface area contributed by atoms with Crippen LogP contribution in [0.3, 0.4) is 0 Å². The maximum atomic E-state index is 5.44. The van der Waals surface area contributed by atoms with Gasteiger partial charge in [-0.05, 0) is 55.2 Å². The molecule has 2 aromatic carbocycles. The smallest absolute Gasteiger partial charge is 0.231 e. The van der Waals surface area contributed by atoms with E-state index in [-0.39, 0.29) is 6.04 Å². The Morgan fingerprint density at radius 1 is 1.10 bits per heavy atom. The molecule has 0 radical (unpaired) electrons. The molecular formula is C18H21NO2. The van der Waals surface area contributed by atoms with E-state index in [0.717, 1.165) is 18.0 Å². The van der Waals surface area contributed by atoms with Crippen molar-refractivity contribution in [2.45, 2.75) is 33.4 Å². The second kappa shape index (κ2) is 5.78. The summed E-state index contributed by atoms with van der Waals surface area (Å²) >= 11 is 0. The highest BCUT2D eigenvalue weighted by Crippen LogP contribution is 2.34. The Morgan fingerprint density at radius 3 is 2.76 bits per heavy atom. The second-order valence-electron chi connectivity index (χ2n) is 5.57. The van der Waals surface area contributed by atoms with Crippen molar-refractivity contribution in [1.29, 1.82) is 0 Å². The van der Waals surface area contributed by atoms with Crippen molar-refractivity contribution in [2.75, 3.05) is 6.79 Å². The molecule has 1 atom stereocenters. The summed E-state index contributed by atoms with van der Waals surface area (Å²) in [4.78, 5) is 0. The quantitative estimate of drug-likeness (QED) is 0.923. The fourth-order valence-corrected chi connectivity index (χ4v) is 2.57. The van der Waals surface area contributed by atoms with E-state index in [2.05, 4.69) is 56.4 Å². The van der Waals surface area contributed by atoms with Crippen molar-refractivity contribution >= 4 is 0 Å². The Bertz CT molecular complexity index is 652.